The number of aliphatic hydroxyl groups excluding tert-OH is 1. The molecular formula is C20H31NO7S2Si. The number of carbonyl (C=O) groups is 3. The molecular weight excluding hydrogens is 458 g/mol. The van der Waals surface area contributed by atoms with Gasteiger partial charge in [0.1, 0.15) is 10.8 Å². The summed E-state index contributed by atoms with van der Waals surface area (Å²) < 4.78 is 11.0. The second kappa shape index (κ2) is 9.86. The SMILES string of the molecule is CCC(CC)C(=O)OCOC(=O)C1=C(S[C@H]2CC[Si@@H](O)C2)SC2N1C(=O)[C@]2(C)[C@@H](C)O. The summed E-state index contributed by atoms with van der Waals surface area (Å²) >= 11 is 2.89. The third-order valence-corrected chi connectivity index (χ3v) is 12.0. The van der Waals surface area contributed by atoms with Crippen molar-refractivity contribution in [3.63, 3.8) is 0 Å². The third-order valence-electron chi connectivity index (χ3n) is 6.48. The minimum atomic E-state index is -1.68. The van der Waals surface area contributed by atoms with Crippen LogP contribution in [-0.4, -0.2) is 65.2 Å². The first-order valence-corrected chi connectivity index (χ1v) is 14.7. The molecule has 1 unspecified atom stereocenters. The van der Waals surface area contributed by atoms with E-state index < -0.39 is 39.3 Å². The molecule has 3 aliphatic rings. The Hall–Kier alpha value is -1.01. The molecule has 11 heteroatoms. The average molecular weight is 490 g/mol. The van der Waals surface area contributed by atoms with Crippen LogP contribution in [0.1, 0.15) is 47.0 Å². The molecule has 2 fully saturated rings. The fourth-order valence-electron chi connectivity index (χ4n) is 4.10. The topological polar surface area (TPSA) is 113 Å². The van der Waals surface area contributed by atoms with Crippen LogP contribution in [0, 0.1) is 11.3 Å². The van der Waals surface area contributed by atoms with Crippen LogP contribution in [0.5, 0.6) is 0 Å². The summed E-state index contributed by atoms with van der Waals surface area (Å²) in [7, 11) is -1.68. The van der Waals surface area contributed by atoms with Crippen molar-refractivity contribution in [2.24, 2.45) is 11.3 Å². The minimum Gasteiger partial charge on any atom is -0.435 e. The maximum atomic E-state index is 12.9. The summed E-state index contributed by atoms with van der Waals surface area (Å²) in [5.41, 5.74) is -0.825. The molecule has 0 radical (unpaired) electrons. The lowest BCUT2D eigenvalue weighted by atomic mass is 9.75. The molecule has 0 aromatic carbocycles. The molecule has 1 amide bonds. The molecule has 31 heavy (non-hydrogen) atoms. The van der Waals surface area contributed by atoms with Crippen molar-refractivity contribution >= 4 is 50.4 Å². The zero-order valence-corrected chi connectivity index (χ0v) is 21.1. The summed E-state index contributed by atoms with van der Waals surface area (Å²) in [5, 5.41) is 10.0. The third kappa shape index (κ3) is 4.57. The molecule has 0 saturated carbocycles. The van der Waals surface area contributed by atoms with E-state index in [4.69, 9.17) is 9.47 Å². The molecule has 2 saturated heterocycles. The number of fused-ring (bicyclic) bond motifs is 1. The van der Waals surface area contributed by atoms with Gasteiger partial charge in [-0.25, -0.2) is 4.79 Å². The van der Waals surface area contributed by atoms with Crippen molar-refractivity contribution in [3.8, 4) is 0 Å². The number of β-lactam (4-membered cyclic amide) rings is 1. The lowest BCUT2D eigenvalue weighted by Gasteiger charge is -2.52. The maximum Gasteiger partial charge on any atom is 0.359 e. The number of rotatable bonds is 9. The molecule has 2 N–H and O–H groups in total. The second-order valence-electron chi connectivity index (χ2n) is 8.47. The molecule has 8 nitrogen and oxygen atoms in total. The van der Waals surface area contributed by atoms with Gasteiger partial charge in [-0.2, -0.15) is 0 Å². The Bertz CT molecular complexity index is 773. The second-order valence-corrected chi connectivity index (χ2v) is 13.5. The zero-order valence-electron chi connectivity index (χ0n) is 18.3. The number of thioether (sulfide) groups is 2. The van der Waals surface area contributed by atoms with Crippen LogP contribution in [0.15, 0.2) is 9.93 Å². The molecule has 3 aliphatic heterocycles. The van der Waals surface area contributed by atoms with E-state index >= 15 is 0 Å². The zero-order chi connectivity index (χ0) is 22.9. The Labute approximate surface area is 192 Å². The maximum absolute atomic E-state index is 12.9. The van der Waals surface area contributed by atoms with Crippen molar-refractivity contribution < 1.29 is 33.8 Å². The largest absolute Gasteiger partial charge is 0.435 e. The van der Waals surface area contributed by atoms with Crippen LogP contribution in [0.3, 0.4) is 0 Å². The van der Waals surface area contributed by atoms with E-state index in [-0.39, 0.29) is 28.1 Å². The van der Waals surface area contributed by atoms with Crippen LogP contribution >= 0.6 is 23.5 Å². The standard InChI is InChI=1S/C20H31NO7S2Si/c1-5-12(6-2)15(23)27-10-28-16(24)14-17(29-13-7-8-31(26)9-13)30-19-20(4,11(3)22)18(25)21(14)19/h11-13,19,22,26,31H,5-10H2,1-4H3/t11-,13+,19?,20+,31-/m1/s1. The number of aliphatic hydroxyl groups is 1. The highest BCUT2D eigenvalue weighted by atomic mass is 32.2. The number of nitrogens with zero attached hydrogens (tertiary/aromatic N) is 1. The number of carbonyl (C=O) groups excluding carboxylic acids is 3. The van der Waals surface area contributed by atoms with Crippen LogP contribution in [0.4, 0.5) is 0 Å². The van der Waals surface area contributed by atoms with E-state index in [0.29, 0.717) is 17.1 Å². The Balaban J connectivity index is 1.73. The van der Waals surface area contributed by atoms with Crippen LogP contribution in [-0.2, 0) is 23.9 Å². The Morgan fingerprint density at radius 1 is 1.35 bits per heavy atom. The summed E-state index contributed by atoms with van der Waals surface area (Å²) in [4.78, 5) is 49.2. The average Bonchev–Trinajstić information content (AvgIpc) is 3.30. The quantitative estimate of drug-likeness (QED) is 0.218. The van der Waals surface area contributed by atoms with Gasteiger partial charge in [0.25, 0.3) is 0 Å². The Morgan fingerprint density at radius 2 is 2.03 bits per heavy atom. The summed E-state index contributed by atoms with van der Waals surface area (Å²) in [5.74, 6) is -1.69. The lowest BCUT2D eigenvalue weighted by molar-refractivity contribution is -0.177. The number of hydrogen-bond donors (Lipinski definition) is 2. The van der Waals surface area contributed by atoms with Crippen molar-refractivity contribution in [3.05, 3.63) is 9.93 Å². The van der Waals surface area contributed by atoms with E-state index in [1.807, 2.05) is 13.8 Å². The number of esters is 2. The molecule has 5 atom stereocenters. The predicted octanol–water partition coefficient (Wildman–Crippen LogP) is 2.16. The van der Waals surface area contributed by atoms with E-state index in [1.54, 1.807) is 13.8 Å². The van der Waals surface area contributed by atoms with E-state index in [2.05, 4.69) is 0 Å². The van der Waals surface area contributed by atoms with Gasteiger partial charge in [0.05, 0.1) is 16.3 Å². The predicted molar refractivity (Wildman–Crippen MR) is 121 cm³/mol. The van der Waals surface area contributed by atoms with Gasteiger partial charge in [0.2, 0.25) is 12.7 Å². The number of hydrogen-bond acceptors (Lipinski definition) is 9. The minimum absolute atomic E-state index is 0.157. The first kappa shape index (κ1) is 24.6. The molecule has 0 aromatic rings. The van der Waals surface area contributed by atoms with Crippen LogP contribution < -0.4 is 0 Å². The van der Waals surface area contributed by atoms with Gasteiger partial charge < -0.3 is 19.4 Å². The van der Waals surface area contributed by atoms with Gasteiger partial charge in [-0.15, -0.1) is 11.8 Å². The van der Waals surface area contributed by atoms with Gasteiger partial charge in [0.15, 0.2) is 14.7 Å². The van der Waals surface area contributed by atoms with Crippen LogP contribution in [0.25, 0.3) is 0 Å². The number of amides is 1. The summed E-state index contributed by atoms with van der Waals surface area (Å²) in [6.07, 6.45) is 1.30. The number of ether oxygens (including phenoxy) is 2. The van der Waals surface area contributed by atoms with E-state index in [9.17, 15) is 24.3 Å². The smallest absolute Gasteiger partial charge is 0.359 e. The highest BCUT2D eigenvalue weighted by molar-refractivity contribution is 8.23. The molecule has 3 rings (SSSR count). The summed E-state index contributed by atoms with van der Waals surface area (Å²) in [6, 6.07) is 1.61. The molecule has 174 valence electrons. The molecule has 0 aliphatic carbocycles. The van der Waals surface area contributed by atoms with Gasteiger partial charge in [0, 0.05) is 5.25 Å². The van der Waals surface area contributed by atoms with Crippen molar-refractivity contribution in [1.82, 2.24) is 4.90 Å². The molecule has 0 spiro atoms. The Kier molecular flexibility index (Phi) is 7.83. The van der Waals surface area contributed by atoms with Gasteiger partial charge in [-0.3, -0.25) is 14.5 Å². The Morgan fingerprint density at radius 3 is 2.58 bits per heavy atom. The van der Waals surface area contributed by atoms with Crippen molar-refractivity contribution in [1.29, 1.82) is 0 Å². The normalized spacial score (nSPS) is 31.0. The van der Waals surface area contributed by atoms with Gasteiger partial charge >= 0.3 is 11.9 Å². The highest BCUT2D eigenvalue weighted by Gasteiger charge is 2.66. The van der Waals surface area contributed by atoms with E-state index in [1.165, 1.54) is 28.4 Å². The fraction of sp³-hybridized carbons (Fsp3) is 0.750. The van der Waals surface area contributed by atoms with Crippen molar-refractivity contribution in [2.45, 2.75) is 75.8 Å². The fourth-order valence-corrected chi connectivity index (χ4v) is 10.4. The highest BCUT2D eigenvalue weighted by Crippen LogP contribution is 2.60. The monoisotopic (exact) mass is 489 g/mol. The summed E-state index contributed by atoms with van der Waals surface area (Å²) in [6.45, 7) is 6.56. The molecule has 3 heterocycles. The van der Waals surface area contributed by atoms with Gasteiger partial charge in [-0.1, -0.05) is 25.6 Å². The first-order chi connectivity index (χ1) is 14.6. The first-order valence-electron chi connectivity index (χ1n) is 10.8. The lowest BCUT2D eigenvalue weighted by Crippen LogP contribution is -2.68. The molecule has 0 aromatic heterocycles. The van der Waals surface area contributed by atoms with E-state index in [0.717, 1.165) is 18.5 Å². The van der Waals surface area contributed by atoms with Gasteiger partial charge in [-0.05, 0) is 45.2 Å². The van der Waals surface area contributed by atoms with Crippen LogP contribution in [0.2, 0.25) is 12.1 Å². The van der Waals surface area contributed by atoms with Crippen molar-refractivity contribution in [2.75, 3.05) is 6.79 Å². The molecule has 0 bridgehead atoms.